The zero-order valence-electron chi connectivity index (χ0n) is 15.0. The molecule has 2 heterocycles. The van der Waals surface area contributed by atoms with E-state index in [9.17, 15) is 25.2 Å². The van der Waals surface area contributed by atoms with Crippen LogP contribution in [0.15, 0.2) is 24.3 Å². The number of hydrogen-bond acceptors (Lipinski definition) is 7. The lowest BCUT2D eigenvalue weighted by Crippen LogP contribution is -2.60. The molecule has 1 aromatic carbocycles. The number of carbonyl (C=O) groups is 1. The molecule has 1 aliphatic heterocycles. The van der Waals surface area contributed by atoms with E-state index in [0.29, 0.717) is 5.56 Å². The van der Waals surface area contributed by atoms with Crippen LogP contribution in [0.5, 0.6) is 0 Å². The SMILES string of the molecule is CC1(C)c2[nH]c3ccccc3c2C(=O)[C@@H]1O[C@H]1O[C@@H](CO)[C@H](O)[C@@H](O)[C@@H]1O. The molecule has 4 rings (SSSR count). The van der Waals surface area contributed by atoms with Gasteiger partial charge in [-0.1, -0.05) is 32.0 Å². The Bertz CT molecular complexity index is 874. The Balaban J connectivity index is 1.66. The largest absolute Gasteiger partial charge is 0.394 e. The van der Waals surface area contributed by atoms with Crippen molar-refractivity contribution < 1.29 is 34.7 Å². The summed E-state index contributed by atoms with van der Waals surface area (Å²) in [6, 6.07) is 7.48. The molecule has 8 heteroatoms. The van der Waals surface area contributed by atoms with Crippen molar-refractivity contribution in [3.63, 3.8) is 0 Å². The molecule has 2 aliphatic rings. The van der Waals surface area contributed by atoms with E-state index in [1.165, 1.54) is 0 Å². The van der Waals surface area contributed by atoms with Crippen LogP contribution in [0.2, 0.25) is 0 Å². The number of Topliss-reactive ketones (excluding diaryl/α,β-unsaturated/α-hetero) is 1. The number of aliphatic hydroxyl groups is 4. The summed E-state index contributed by atoms with van der Waals surface area (Å²) in [5, 5.41) is 40.2. The second-order valence-electron chi connectivity index (χ2n) is 7.72. The Labute approximate surface area is 155 Å². The first-order chi connectivity index (χ1) is 12.8. The standard InChI is InChI=1S/C19H23NO7/c1-19(2)16-11(8-5-3-4-6-9(8)20-16)13(23)17(19)27-18-15(25)14(24)12(22)10(7-21)26-18/h3-6,10,12,14-15,17-18,20-22,24-25H,7H2,1-2H3/t10-,12-,14+,15-,17-,18+/m0/s1. The Morgan fingerprint density at radius 2 is 1.85 bits per heavy atom. The van der Waals surface area contributed by atoms with Gasteiger partial charge in [0.1, 0.15) is 30.5 Å². The molecule has 27 heavy (non-hydrogen) atoms. The first-order valence-corrected chi connectivity index (χ1v) is 8.88. The fourth-order valence-electron chi connectivity index (χ4n) is 4.02. The summed E-state index contributed by atoms with van der Waals surface area (Å²) in [5.74, 6) is -0.246. The molecule has 0 amide bonds. The highest BCUT2D eigenvalue weighted by molar-refractivity contribution is 6.15. The molecule has 1 aliphatic carbocycles. The predicted octanol–water partition coefficient (Wildman–Crippen LogP) is -0.173. The molecule has 146 valence electrons. The van der Waals surface area contributed by atoms with Gasteiger partial charge in [-0.3, -0.25) is 4.79 Å². The molecule has 0 bridgehead atoms. The van der Waals surface area contributed by atoms with E-state index < -0.39 is 48.8 Å². The van der Waals surface area contributed by atoms with Gasteiger partial charge >= 0.3 is 0 Å². The van der Waals surface area contributed by atoms with E-state index in [-0.39, 0.29) is 5.78 Å². The first kappa shape index (κ1) is 18.5. The molecular formula is C19H23NO7. The number of para-hydroxylation sites is 1. The molecule has 0 radical (unpaired) electrons. The van der Waals surface area contributed by atoms with Crippen LogP contribution >= 0.6 is 0 Å². The average molecular weight is 377 g/mol. The molecule has 1 fully saturated rings. The van der Waals surface area contributed by atoms with E-state index in [0.717, 1.165) is 16.6 Å². The number of benzene rings is 1. The predicted molar refractivity (Wildman–Crippen MR) is 94.3 cm³/mol. The van der Waals surface area contributed by atoms with Crippen molar-refractivity contribution in [2.75, 3.05) is 6.61 Å². The van der Waals surface area contributed by atoms with E-state index in [1.54, 1.807) is 0 Å². The Kier molecular flexibility index (Phi) is 4.38. The molecule has 8 nitrogen and oxygen atoms in total. The van der Waals surface area contributed by atoms with Crippen LogP contribution in [-0.2, 0) is 14.9 Å². The number of aliphatic hydroxyl groups excluding tert-OH is 4. The fourth-order valence-corrected chi connectivity index (χ4v) is 4.02. The van der Waals surface area contributed by atoms with Crippen LogP contribution in [0.1, 0.15) is 29.9 Å². The van der Waals surface area contributed by atoms with E-state index in [2.05, 4.69) is 4.98 Å². The lowest BCUT2D eigenvalue weighted by molar-refractivity contribution is -0.310. The van der Waals surface area contributed by atoms with Gasteiger partial charge in [-0.25, -0.2) is 0 Å². The summed E-state index contributed by atoms with van der Waals surface area (Å²) in [6.45, 7) is 3.14. The third-order valence-electron chi connectivity index (χ3n) is 5.61. The van der Waals surface area contributed by atoms with Gasteiger partial charge in [-0.15, -0.1) is 0 Å². The second kappa shape index (κ2) is 6.37. The number of aromatic nitrogens is 1. The highest BCUT2D eigenvalue weighted by atomic mass is 16.7. The third-order valence-corrected chi connectivity index (χ3v) is 5.61. The normalized spacial score (nSPS) is 35.6. The van der Waals surface area contributed by atoms with E-state index in [4.69, 9.17) is 9.47 Å². The topological polar surface area (TPSA) is 132 Å². The zero-order valence-corrected chi connectivity index (χ0v) is 15.0. The molecule has 1 saturated heterocycles. The van der Waals surface area contributed by atoms with Gasteiger partial charge in [0, 0.05) is 27.6 Å². The number of hydrogen-bond donors (Lipinski definition) is 5. The Morgan fingerprint density at radius 3 is 2.56 bits per heavy atom. The smallest absolute Gasteiger partial charge is 0.195 e. The van der Waals surface area contributed by atoms with Gasteiger partial charge < -0.3 is 34.9 Å². The fraction of sp³-hybridized carbons (Fsp3) is 0.526. The number of aromatic amines is 1. The van der Waals surface area contributed by atoms with Crippen molar-refractivity contribution >= 4 is 16.7 Å². The summed E-state index contributed by atoms with van der Waals surface area (Å²) in [5.41, 5.74) is 1.41. The summed E-state index contributed by atoms with van der Waals surface area (Å²) in [6.07, 6.45) is -7.99. The number of H-pyrrole nitrogens is 1. The maximum Gasteiger partial charge on any atom is 0.195 e. The molecule has 0 spiro atoms. The summed E-state index contributed by atoms with van der Waals surface area (Å²) in [4.78, 5) is 16.4. The molecule has 2 aromatic rings. The van der Waals surface area contributed by atoms with Gasteiger partial charge in [0.25, 0.3) is 0 Å². The summed E-state index contributed by atoms with van der Waals surface area (Å²) in [7, 11) is 0. The van der Waals surface area contributed by atoms with Crippen LogP contribution in [0.4, 0.5) is 0 Å². The van der Waals surface area contributed by atoms with Crippen molar-refractivity contribution in [1.29, 1.82) is 0 Å². The second-order valence-corrected chi connectivity index (χ2v) is 7.72. The van der Waals surface area contributed by atoms with Gasteiger partial charge in [0.05, 0.1) is 6.61 Å². The number of ketones is 1. The molecule has 6 atom stereocenters. The first-order valence-electron chi connectivity index (χ1n) is 8.88. The van der Waals surface area contributed by atoms with E-state index in [1.807, 2.05) is 38.1 Å². The maximum absolute atomic E-state index is 13.1. The van der Waals surface area contributed by atoms with Crippen LogP contribution in [0, 0.1) is 0 Å². The van der Waals surface area contributed by atoms with Gasteiger partial charge in [-0.05, 0) is 6.07 Å². The molecule has 0 unspecified atom stereocenters. The Morgan fingerprint density at radius 1 is 1.15 bits per heavy atom. The van der Waals surface area contributed by atoms with Crippen LogP contribution in [0.25, 0.3) is 10.9 Å². The number of ether oxygens (including phenoxy) is 2. The molecule has 5 N–H and O–H groups in total. The van der Waals surface area contributed by atoms with Crippen molar-refractivity contribution in [3.05, 3.63) is 35.5 Å². The van der Waals surface area contributed by atoms with Gasteiger partial charge in [0.15, 0.2) is 12.1 Å². The van der Waals surface area contributed by atoms with Gasteiger partial charge in [0.2, 0.25) is 0 Å². The van der Waals surface area contributed by atoms with E-state index >= 15 is 0 Å². The Hall–Kier alpha value is -1.81. The van der Waals surface area contributed by atoms with Crippen molar-refractivity contribution in [2.45, 2.75) is 56.1 Å². The quantitative estimate of drug-likeness (QED) is 0.501. The third kappa shape index (κ3) is 2.64. The average Bonchev–Trinajstić information content (AvgIpc) is 3.12. The van der Waals surface area contributed by atoms with Gasteiger partial charge in [-0.2, -0.15) is 0 Å². The number of fused-ring (bicyclic) bond motifs is 3. The highest BCUT2D eigenvalue weighted by Gasteiger charge is 2.53. The molecule has 0 saturated carbocycles. The number of carbonyl (C=O) groups excluding carboxylic acids is 1. The minimum atomic E-state index is -1.56. The monoisotopic (exact) mass is 377 g/mol. The van der Waals surface area contributed by atoms with Crippen LogP contribution < -0.4 is 0 Å². The van der Waals surface area contributed by atoms with Crippen molar-refractivity contribution in [3.8, 4) is 0 Å². The summed E-state index contributed by atoms with van der Waals surface area (Å²) >= 11 is 0. The lowest BCUT2D eigenvalue weighted by Gasteiger charge is -2.41. The maximum atomic E-state index is 13.1. The number of rotatable bonds is 3. The van der Waals surface area contributed by atoms with Crippen LogP contribution in [-0.4, -0.2) is 74.6 Å². The lowest BCUT2D eigenvalue weighted by atomic mass is 9.87. The van der Waals surface area contributed by atoms with Crippen molar-refractivity contribution in [1.82, 2.24) is 4.98 Å². The minimum absolute atomic E-state index is 0.246. The zero-order chi connectivity index (χ0) is 19.5. The highest BCUT2D eigenvalue weighted by Crippen LogP contribution is 2.44. The minimum Gasteiger partial charge on any atom is -0.394 e. The number of nitrogens with one attached hydrogen (secondary N) is 1. The molecular weight excluding hydrogens is 354 g/mol. The summed E-state index contributed by atoms with van der Waals surface area (Å²) < 4.78 is 11.2. The molecule has 1 aromatic heterocycles. The van der Waals surface area contributed by atoms with Crippen molar-refractivity contribution in [2.24, 2.45) is 0 Å². The van der Waals surface area contributed by atoms with Crippen LogP contribution in [0.3, 0.4) is 0 Å².